The summed E-state index contributed by atoms with van der Waals surface area (Å²) in [5, 5.41) is 3.38. The quantitative estimate of drug-likeness (QED) is 0.534. The van der Waals surface area contributed by atoms with Gasteiger partial charge in [0.05, 0.1) is 12.7 Å². The summed E-state index contributed by atoms with van der Waals surface area (Å²) in [7, 11) is 1.58. The van der Waals surface area contributed by atoms with Gasteiger partial charge in [0.2, 0.25) is 0 Å². The van der Waals surface area contributed by atoms with Gasteiger partial charge in [-0.1, -0.05) is 23.4 Å². The fourth-order valence-electron chi connectivity index (χ4n) is 1.47. The van der Waals surface area contributed by atoms with E-state index in [0.717, 1.165) is 0 Å². The predicted octanol–water partition coefficient (Wildman–Crippen LogP) is 3.11. The van der Waals surface area contributed by atoms with Crippen molar-refractivity contribution < 1.29 is 9.53 Å². The molecule has 0 unspecified atom stereocenters. The van der Waals surface area contributed by atoms with Gasteiger partial charge in [0, 0.05) is 11.9 Å². The highest BCUT2D eigenvalue weighted by atomic mass is 35.5. The van der Waals surface area contributed by atoms with E-state index in [4.69, 9.17) is 16.3 Å². The van der Waals surface area contributed by atoms with E-state index in [1.807, 2.05) is 6.26 Å². The van der Waals surface area contributed by atoms with Crippen molar-refractivity contribution in [2.75, 3.05) is 18.7 Å². The van der Waals surface area contributed by atoms with Crippen LogP contribution >= 0.6 is 23.4 Å². The van der Waals surface area contributed by atoms with Crippen molar-refractivity contribution in [3.05, 3.63) is 41.2 Å². The first-order chi connectivity index (χ1) is 9.63. The maximum atomic E-state index is 12.1. The molecule has 1 N–H and O–H groups in total. The molecule has 1 aromatic heterocycles. The van der Waals surface area contributed by atoms with Crippen molar-refractivity contribution in [1.29, 1.82) is 0 Å². The second-order valence-corrected chi connectivity index (χ2v) is 4.88. The normalized spacial score (nSPS) is 10.2. The van der Waals surface area contributed by atoms with E-state index in [9.17, 15) is 4.79 Å². The largest absolute Gasteiger partial charge is 0.497 e. The first-order valence-electron chi connectivity index (χ1n) is 5.66. The number of hydrogen-bond donors (Lipinski definition) is 1. The molecule has 0 spiro atoms. The number of anilines is 1. The molecular weight excluding hydrogens is 298 g/mol. The van der Waals surface area contributed by atoms with Gasteiger partial charge in [0.25, 0.3) is 5.91 Å². The van der Waals surface area contributed by atoms with Crippen molar-refractivity contribution in [3.63, 3.8) is 0 Å². The van der Waals surface area contributed by atoms with Crippen LogP contribution in [0.3, 0.4) is 0 Å². The van der Waals surface area contributed by atoms with E-state index in [0.29, 0.717) is 16.6 Å². The minimum Gasteiger partial charge on any atom is -0.497 e. The number of thioether (sulfide) groups is 1. The number of benzene rings is 1. The van der Waals surface area contributed by atoms with Crippen LogP contribution < -0.4 is 10.1 Å². The summed E-state index contributed by atoms with van der Waals surface area (Å²) in [5.74, 6) is 0.363. The number of methoxy groups -OCH3 is 1. The van der Waals surface area contributed by atoms with Crippen LogP contribution in [0.2, 0.25) is 5.15 Å². The van der Waals surface area contributed by atoms with E-state index in [1.54, 1.807) is 31.4 Å². The molecule has 2 rings (SSSR count). The van der Waals surface area contributed by atoms with Crippen LogP contribution in [-0.4, -0.2) is 29.2 Å². The predicted molar refractivity (Wildman–Crippen MR) is 79.8 cm³/mol. The Morgan fingerprint density at radius 2 is 2.05 bits per heavy atom. The molecule has 20 heavy (non-hydrogen) atoms. The Morgan fingerprint density at radius 1 is 1.35 bits per heavy atom. The SMILES string of the molecule is COc1ccc(NC(=O)c2cnc(SC)nc2Cl)cc1. The maximum absolute atomic E-state index is 12.1. The molecule has 1 heterocycles. The van der Waals surface area contributed by atoms with E-state index in [1.165, 1.54) is 18.0 Å². The standard InChI is InChI=1S/C13H12ClN3O2S/c1-19-9-5-3-8(4-6-9)16-12(18)10-7-15-13(20-2)17-11(10)14/h3-7H,1-2H3,(H,16,18). The van der Waals surface area contributed by atoms with Gasteiger partial charge in [0.15, 0.2) is 5.16 Å². The van der Waals surface area contributed by atoms with Gasteiger partial charge in [-0.2, -0.15) is 0 Å². The number of ether oxygens (including phenoxy) is 1. The Kier molecular flexibility index (Phi) is 4.81. The number of hydrogen-bond acceptors (Lipinski definition) is 5. The second-order valence-electron chi connectivity index (χ2n) is 3.74. The summed E-state index contributed by atoms with van der Waals surface area (Å²) in [6.07, 6.45) is 3.25. The Bertz CT molecular complexity index is 620. The molecule has 0 aliphatic carbocycles. The molecule has 0 fully saturated rings. The Morgan fingerprint density at radius 3 is 2.60 bits per heavy atom. The summed E-state index contributed by atoms with van der Waals surface area (Å²) >= 11 is 7.33. The molecule has 0 aliphatic heterocycles. The third-order valence-corrected chi connectivity index (χ3v) is 3.35. The number of halogens is 1. The zero-order chi connectivity index (χ0) is 14.5. The van der Waals surface area contributed by atoms with Crippen molar-refractivity contribution in [2.24, 2.45) is 0 Å². The first kappa shape index (κ1) is 14.6. The summed E-state index contributed by atoms with van der Waals surface area (Å²) in [5.41, 5.74) is 0.876. The second kappa shape index (κ2) is 6.58. The minimum atomic E-state index is -0.354. The highest BCUT2D eigenvalue weighted by Gasteiger charge is 2.13. The first-order valence-corrected chi connectivity index (χ1v) is 7.26. The Balaban J connectivity index is 2.14. The molecule has 0 bridgehead atoms. The van der Waals surface area contributed by atoms with Gasteiger partial charge in [-0.3, -0.25) is 4.79 Å². The number of nitrogens with one attached hydrogen (secondary N) is 1. The molecule has 104 valence electrons. The highest BCUT2D eigenvalue weighted by Crippen LogP contribution is 2.19. The summed E-state index contributed by atoms with van der Waals surface area (Å²) < 4.78 is 5.05. The van der Waals surface area contributed by atoms with Crippen molar-refractivity contribution >= 4 is 35.0 Å². The molecule has 0 aliphatic rings. The van der Waals surface area contributed by atoms with E-state index in [2.05, 4.69) is 15.3 Å². The fraction of sp³-hybridized carbons (Fsp3) is 0.154. The molecular formula is C13H12ClN3O2S. The van der Waals surface area contributed by atoms with E-state index >= 15 is 0 Å². The number of carbonyl (C=O) groups excluding carboxylic acids is 1. The Hall–Kier alpha value is -1.79. The van der Waals surface area contributed by atoms with Crippen molar-refractivity contribution in [2.45, 2.75) is 5.16 Å². The summed E-state index contributed by atoms with van der Waals surface area (Å²) in [4.78, 5) is 20.1. The number of rotatable bonds is 4. The van der Waals surface area contributed by atoms with Crippen LogP contribution in [0.4, 0.5) is 5.69 Å². The molecule has 1 aromatic carbocycles. The number of aromatic nitrogens is 2. The zero-order valence-corrected chi connectivity index (χ0v) is 12.5. The van der Waals surface area contributed by atoms with Gasteiger partial charge < -0.3 is 10.1 Å². The van der Waals surface area contributed by atoms with Crippen LogP contribution in [0.25, 0.3) is 0 Å². The van der Waals surface area contributed by atoms with Gasteiger partial charge in [-0.05, 0) is 30.5 Å². The number of amides is 1. The van der Waals surface area contributed by atoms with E-state index in [-0.39, 0.29) is 16.6 Å². The molecule has 1 amide bonds. The van der Waals surface area contributed by atoms with Crippen LogP contribution in [0.15, 0.2) is 35.6 Å². The zero-order valence-electron chi connectivity index (χ0n) is 10.9. The van der Waals surface area contributed by atoms with Crippen LogP contribution in [0.5, 0.6) is 5.75 Å². The lowest BCUT2D eigenvalue weighted by Gasteiger charge is -2.07. The monoisotopic (exact) mass is 309 g/mol. The molecule has 0 saturated carbocycles. The lowest BCUT2D eigenvalue weighted by atomic mass is 10.2. The van der Waals surface area contributed by atoms with Gasteiger partial charge in [-0.15, -0.1) is 0 Å². The molecule has 5 nitrogen and oxygen atoms in total. The van der Waals surface area contributed by atoms with Gasteiger partial charge in [0.1, 0.15) is 10.9 Å². The maximum Gasteiger partial charge on any atom is 0.260 e. The lowest BCUT2D eigenvalue weighted by molar-refractivity contribution is 0.102. The number of carbonyl (C=O) groups is 1. The Labute approximate surface area is 125 Å². The van der Waals surface area contributed by atoms with Crippen LogP contribution in [0, 0.1) is 0 Å². The molecule has 0 radical (unpaired) electrons. The molecule has 0 saturated heterocycles. The summed E-state index contributed by atoms with van der Waals surface area (Å²) in [6.45, 7) is 0. The smallest absolute Gasteiger partial charge is 0.260 e. The third kappa shape index (κ3) is 3.40. The molecule has 7 heteroatoms. The van der Waals surface area contributed by atoms with Crippen LogP contribution in [0.1, 0.15) is 10.4 Å². The van der Waals surface area contributed by atoms with Crippen molar-refractivity contribution in [1.82, 2.24) is 9.97 Å². The van der Waals surface area contributed by atoms with Crippen molar-refractivity contribution in [3.8, 4) is 5.75 Å². The van der Waals surface area contributed by atoms with E-state index < -0.39 is 0 Å². The lowest BCUT2D eigenvalue weighted by Crippen LogP contribution is -2.13. The van der Waals surface area contributed by atoms with Gasteiger partial charge >= 0.3 is 0 Å². The number of nitrogens with zero attached hydrogens (tertiary/aromatic N) is 2. The molecule has 0 atom stereocenters. The molecule has 2 aromatic rings. The average molecular weight is 310 g/mol. The fourth-order valence-corrected chi connectivity index (χ4v) is 2.08. The topological polar surface area (TPSA) is 64.1 Å². The minimum absolute atomic E-state index is 0.135. The summed E-state index contributed by atoms with van der Waals surface area (Å²) in [6, 6.07) is 6.98. The van der Waals surface area contributed by atoms with Gasteiger partial charge in [-0.25, -0.2) is 9.97 Å². The third-order valence-electron chi connectivity index (χ3n) is 2.50. The van der Waals surface area contributed by atoms with Crippen LogP contribution in [-0.2, 0) is 0 Å². The average Bonchev–Trinajstić information content (AvgIpc) is 2.47. The highest BCUT2D eigenvalue weighted by molar-refractivity contribution is 7.98.